The lowest BCUT2D eigenvalue weighted by molar-refractivity contribution is 0.724. The first-order chi connectivity index (χ1) is 21.4. The smallest absolute Gasteiger partial charge is 0.0635 e. The summed E-state index contributed by atoms with van der Waals surface area (Å²) in [5.41, 5.74) is 11.7. The zero-order valence-corrected chi connectivity index (χ0v) is 23.7. The summed E-state index contributed by atoms with van der Waals surface area (Å²) in [6.45, 7) is 0. The molecule has 0 bridgehead atoms. The summed E-state index contributed by atoms with van der Waals surface area (Å²) in [5.74, 6) is 0.291. The van der Waals surface area contributed by atoms with Crippen LogP contribution in [0.1, 0.15) is 22.6 Å². The van der Waals surface area contributed by atoms with Crippen LogP contribution in [0.25, 0.3) is 49.9 Å². The molecule has 0 saturated carbocycles. The third kappa shape index (κ3) is 3.65. The zero-order chi connectivity index (χ0) is 28.3. The molecule has 2 aliphatic rings. The fourth-order valence-electron chi connectivity index (χ4n) is 7.62. The Balaban J connectivity index is 1.33. The van der Waals surface area contributed by atoms with E-state index in [0.29, 0.717) is 5.92 Å². The summed E-state index contributed by atoms with van der Waals surface area (Å²) in [4.78, 5) is 2.55. The molecule has 1 heterocycles. The second-order valence-corrected chi connectivity index (χ2v) is 11.6. The third-order valence-corrected chi connectivity index (χ3v) is 9.39. The average Bonchev–Trinajstić information content (AvgIpc) is 3.42. The summed E-state index contributed by atoms with van der Waals surface area (Å²) in [7, 11) is 0. The number of hydrogen-bond acceptors (Lipinski definition) is 1. The topological polar surface area (TPSA) is 3.24 Å². The van der Waals surface area contributed by atoms with Crippen molar-refractivity contribution in [1.82, 2.24) is 0 Å². The van der Waals surface area contributed by atoms with Gasteiger partial charge >= 0.3 is 0 Å². The van der Waals surface area contributed by atoms with E-state index in [1.165, 1.54) is 71.9 Å². The Morgan fingerprint density at radius 2 is 1.00 bits per heavy atom. The Bertz CT molecular complexity index is 2140. The van der Waals surface area contributed by atoms with Gasteiger partial charge < -0.3 is 4.90 Å². The second-order valence-electron chi connectivity index (χ2n) is 11.6. The van der Waals surface area contributed by atoms with Crippen molar-refractivity contribution in [2.24, 2.45) is 0 Å². The first-order valence-electron chi connectivity index (χ1n) is 15.1. The van der Waals surface area contributed by atoms with Crippen molar-refractivity contribution < 1.29 is 0 Å². The third-order valence-electron chi connectivity index (χ3n) is 9.39. The van der Waals surface area contributed by atoms with Crippen LogP contribution in [0, 0.1) is 0 Å². The van der Waals surface area contributed by atoms with Gasteiger partial charge in [-0.05, 0) is 78.7 Å². The molecule has 2 unspecified atom stereocenters. The summed E-state index contributed by atoms with van der Waals surface area (Å²) >= 11 is 0. The average molecular weight is 548 g/mol. The van der Waals surface area contributed by atoms with Crippen molar-refractivity contribution in [3.8, 4) is 22.3 Å². The number of para-hydroxylation sites is 1. The van der Waals surface area contributed by atoms with E-state index in [4.69, 9.17) is 0 Å². The highest BCUT2D eigenvalue weighted by Gasteiger charge is 2.41. The van der Waals surface area contributed by atoms with E-state index in [2.05, 4.69) is 169 Å². The highest BCUT2D eigenvalue weighted by Crippen LogP contribution is 2.53. The van der Waals surface area contributed by atoms with Gasteiger partial charge in [0.15, 0.2) is 0 Å². The summed E-state index contributed by atoms with van der Waals surface area (Å²) in [6.07, 6.45) is 4.71. The van der Waals surface area contributed by atoms with Gasteiger partial charge in [-0.2, -0.15) is 0 Å². The van der Waals surface area contributed by atoms with Crippen molar-refractivity contribution >= 4 is 39.0 Å². The first-order valence-corrected chi connectivity index (χ1v) is 15.1. The van der Waals surface area contributed by atoms with Gasteiger partial charge in [-0.1, -0.05) is 146 Å². The molecule has 1 nitrogen and oxygen atoms in total. The van der Waals surface area contributed by atoms with Crippen LogP contribution in [-0.4, -0.2) is 6.04 Å². The summed E-state index contributed by atoms with van der Waals surface area (Å²) in [5, 5.41) is 5.14. The summed E-state index contributed by atoms with van der Waals surface area (Å²) < 4.78 is 0. The van der Waals surface area contributed by atoms with Gasteiger partial charge in [0.2, 0.25) is 0 Å². The Labute approximate surface area is 252 Å². The maximum Gasteiger partial charge on any atom is 0.0635 e. The molecule has 202 valence electrons. The molecule has 1 aliphatic heterocycles. The van der Waals surface area contributed by atoms with E-state index in [1.54, 1.807) is 0 Å². The van der Waals surface area contributed by atoms with Crippen LogP contribution in [0.3, 0.4) is 0 Å². The van der Waals surface area contributed by atoms with Gasteiger partial charge in [0, 0.05) is 17.3 Å². The van der Waals surface area contributed by atoms with Crippen molar-refractivity contribution in [3.63, 3.8) is 0 Å². The molecule has 7 aromatic carbocycles. The Morgan fingerprint density at radius 3 is 1.67 bits per heavy atom. The van der Waals surface area contributed by atoms with Gasteiger partial charge in [0.05, 0.1) is 6.04 Å². The maximum absolute atomic E-state index is 2.55. The van der Waals surface area contributed by atoms with Gasteiger partial charge in [-0.25, -0.2) is 0 Å². The molecule has 0 spiro atoms. The van der Waals surface area contributed by atoms with E-state index in [9.17, 15) is 0 Å². The van der Waals surface area contributed by atoms with Crippen LogP contribution in [-0.2, 0) is 0 Å². The second kappa shape index (κ2) is 9.58. The lowest BCUT2D eigenvalue weighted by atomic mass is 9.80. The fraction of sp³-hybridized carbons (Fsp3) is 0.0476. The standard InChI is InChI=1S/C42H29N/c1-3-14-29(15-4-1)40-33-19-9-11-21-35(33)41(36-22-12-10-20-34(36)40)30-23-25-37-39(27-30)43(31-16-5-2-6-17-31)38-26-24-28-13-7-8-18-32(28)42(37)38/h1-27,38,42H. The van der Waals surface area contributed by atoms with Crippen molar-refractivity contribution in [2.75, 3.05) is 4.90 Å². The van der Waals surface area contributed by atoms with Crippen LogP contribution >= 0.6 is 0 Å². The molecule has 1 heteroatoms. The molecular weight excluding hydrogens is 518 g/mol. The van der Waals surface area contributed by atoms with Crippen molar-refractivity contribution in [3.05, 3.63) is 174 Å². The SMILES string of the molecule is C1=CC2C(c3ccccc31)c1ccc(-c3c4ccccc4c(-c4ccccc4)c4ccccc34)cc1N2c1ccccc1. The van der Waals surface area contributed by atoms with Crippen LogP contribution in [0.15, 0.2) is 158 Å². The van der Waals surface area contributed by atoms with Crippen LogP contribution in [0.4, 0.5) is 11.4 Å². The Kier molecular flexibility index (Phi) is 5.39. The van der Waals surface area contributed by atoms with E-state index >= 15 is 0 Å². The molecule has 43 heavy (non-hydrogen) atoms. The van der Waals surface area contributed by atoms with E-state index in [-0.39, 0.29) is 6.04 Å². The number of rotatable bonds is 3. The Hall–Kier alpha value is -5.40. The minimum absolute atomic E-state index is 0.233. The highest BCUT2D eigenvalue weighted by atomic mass is 15.2. The molecule has 2 atom stereocenters. The molecule has 0 radical (unpaired) electrons. The molecule has 0 N–H and O–H groups in total. The van der Waals surface area contributed by atoms with Crippen molar-refractivity contribution in [1.29, 1.82) is 0 Å². The number of anilines is 2. The van der Waals surface area contributed by atoms with Crippen LogP contribution in [0.5, 0.6) is 0 Å². The molecule has 1 aliphatic carbocycles. The molecule has 7 aromatic rings. The molecule has 0 fully saturated rings. The quantitative estimate of drug-likeness (QED) is 0.199. The van der Waals surface area contributed by atoms with E-state index in [0.717, 1.165) is 0 Å². The number of hydrogen-bond donors (Lipinski definition) is 0. The van der Waals surface area contributed by atoms with Crippen molar-refractivity contribution in [2.45, 2.75) is 12.0 Å². The summed E-state index contributed by atoms with van der Waals surface area (Å²) in [6, 6.07) is 55.9. The highest BCUT2D eigenvalue weighted by molar-refractivity contribution is 6.21. The zero-order valence-electron chi connectivity index (χ0n) is 23.7. The maximum atomic E-state index is 2.55. The number of fused-ring (bicyclic) bond motifs is 7. The van der Waals surface area contributed by atoms with Gasteiger partial charge in [-0.3, -0.25) is 0 Å². The molecule has 0 aromatic heterocycles. The normalized spacial score (nSPS) is 16.7. The molecule has 0 amide bonds. The monoisotopic (exact) mass is 547 g/mol. The molecular formula is C42H29N. The molecule has 9 rings (SSSR count). The van der Waals surface area contributed by atoms with Crippen LogP contribution < -0.4 is 4.90 Å². The molecule has 0 saturated heterocycles. The fourth-order valence-corrected chi connectivity index (χ4v) is 7.62. The van der Waals surface area contributed by atoms with Crippen LogP contribution in [0.2, 0.25) is 0 Å². The Morgan fingerprint density at radius 1 is 0.442 bits per heavy atom. The minimum Gasteiger partial charge on any atom is -0.333 e. The number of nitrogens with zero attached hydrogens (tertiary/aromatic N) is 1. The van der Waals surface area contributed by atoms with E-state index < -0.39 is 0 Å². The lowest BCUT2D eigenvalue weighted by Gasteiger charge is -2.31. The van der Waals surface area contributed by atoms with Gasteiger partial charge in [0.1, 0.15) is 0 Å². The predicted octanol–water partition coefficient (Wildman–Crippen LogP) is 11.0. The van der Waals surface area contributed by atoms with Gasteiger partial charge in [-0.15, -0.1) is 0 Å². The number of benzene rings is 7. The first kappa shape index (κ1) is 24.2. The largest absolute Gasteiger partial charge is 0.333 e. The predicted molar refractivity (Wildman–Crippen MR) is 182 cm³/mol. The minimum atomic E-state index is 0.233. The lowest BCUT2D eigenvalue weighted by Crippen LogP contribution is -2.30. The van der Waals surface area contributed by atoms with E-state index in [1.807, 2.05) is 0 Å². The van der Waals surface area contributed by atoms with Gasteiger partial charge in [0.25, 0.3) is 0 Å².